The van der Waals surface area contributed by atoms with E-state index in [4.69, 9.17) is 21.3 Å². The Morgan fingerprint density at radius 1 is 1.03 bits per heavy atom. The Hall–Kier alpha value is -3.11. The molecule has 0 radical (unpaired) electrons. The van der Waals surface area contributed by atoms with Gasteiger partial charge in [-0.15, -0.1) is 11.6 Å². The fraction of sp³-hybridized carbons (Fsp3) is 0.286. The number of rotatable bonds is 4. The van der Waals surface area contributed by atoms with E-state index < -0.39 is 0 Å². The van der Waals surface area contributed by atoms with Gasteiger partial charge in [0.1, 0.15) is 12.4 Å². The third-order valence-electron chi connectivity index (χ3n) is 7.10. The highest BCUT2D eigenvalue weighted by Crippen LogP contribution is 2.38. The van der Waals surface area contributed by atoms with Gasteiger partial charge < -0.3 is 4.74 Å². The summed E-state index contributed by atoms with van der Waals surface area (Å²) in [6.45, 7) is 8.78. The minimum absolute atomic E-state index is 0.0103. The van der Waals surface area contributed by atoms with Crippen LogP contribution >= 0.6 is 11.6 Å². The van der Waals surface area contributed by atoms with Gasteiger partial charge in [-0.3, -0.25) is 14.7 Å². The van der Waals surface area contributed by atoms with Crippen LogP contribution in [0.4, 0.5) is 11.4 Å². The number of alkyl halides is 1. The van der Waals surface area contributed by atoms with E-state index in [0.29, 0.717) is 23.7 Å². The first-order chi connectivity index (χ1) is 15.9. The Kier molecular flexibility index (Phi) is 5.49. The average Bonchev–Trinajstić information content (AvgIpc) is 3.13. The Balaban J connectivity index is 1.45. The predicted octanol–water partition coefficient (Wildman–Crippen LogP) is 6.53. The summed E-state index contributed by atoms with van der Waals surface area (Å²) in [7, 11) is 0. The van der Waals surface area contributed by atoms with E-state index in [1.807, 2.05) is 48.4 Å². The summed E-state index contributed by atoms with van der Waals surface area (Å²) in [5.74, 6) is 1.21. The van der Waals surface area contributed by atoms with Gasteiger partial charge in [-0.2, -0.15) is 0 Å². The van der Waals surface area contributed by atoms with Crippen LogP contribution in [0.1, 0.15) is 49.3 Å². The number of halogens is 1. The number of anilines is 1. The normalized spacial score (nSPS) is 16.3. The maximum atomic E-state index is 13.5. The first-order valence-electron chi connectivity index (χ1n) is 11.3. The number of ether oxygens (including phenoxy) is 1. The molecule has 3 aromatic carbocycles. The van der Waals surface area contributed by atoms with Crippen molar-refractivity contribution in [1.82, 2.24) is 0 Å². The van der Waals surface area contributed by atoms with Crippen molar-refractivity contribution in [2.24, 2.45) is 4.99 Å². The number of aliphatic imine (C=N–C) groups is 1. The fourth-order valence-electron chi connectivity index (χ4n) is 4.83. The lowest BCUT2D eigenvalue weighted by Crippen LogP contribution is -2.37. The molecular weight excluding hydrogens is 432 g/mol. The Morgan fingerprint density at radius 3 is 2.58 bits per heavy atom. The molecule has 0 fully saturated rings. The number of carbonyl (C=O) groups is 1. The molecule has 1 atom stereocenters. The largest absolute Gasteiger partial charge is 0.489 e. The molecule has 5 heteroatoms. The van der Waals surface area contributed by atoms with Crippen molar-refractivity contribution in [2.45, 2.75) is 52.6 Å². The molecule has 0 unspecified atom stereocenters. The molecular formula is C28H27ClN2O2. The molecule has 0 N–H and O–H groups in total. The number of fused-ring (bicyclic) bond motifs is 4. The summed E-state index contributed by atoms with van der Waals surface area (Å²) in [5, 5.41) is 0. The van der Waals surface area contributed by atoms with Crippen LogP contribution in [0.5, 0.6) is 5.75 Å². The minimum Gasteiger partial charge on any atom is -0.489 e. The lowest BCUT2D eigenvalue weighted by Gasteiger charge is -2.22. The quantitative estimate of drug-likeness (QED) is 0.417. The van der Waals surface area contributed by atoms with Crippen molar-refractivity contribution < 1.29 is 9.53 Å². The molecule has 0 bridgehead atoms. The average molecular weight is 459 g/mol. The van der Waals surface area contributed by atoms with Gasteiger partial charge in [-0.1, -0.05) is 24.3 Å². The zero-order valence-electron chi connectivity index (χ0n) is 19.4. The molecule has 168 valence electrons. The SMILES string of the molecule is Cc1cc2c(cc1OCc1cc(CCl)c(C)c(C)c1C)N=C[C@@H]1Cc3ccccc3N1C2=O. The van der Waals surface area contributed by atoms with Crippen LogP contribution in [0.3, 0.4) is 0 Å². The third kappa shape index (κ3) is 3.63. The molecule has 0 saturated carbocycles. The second-order valence-electron chi connectivity index (χ2n) is 8.98. The summed E-state index contributed by atoms with van der Waals surface area (Å²) in [5.41, 5.74) is 10.3. The van der Waals surface area contributed by atoms with Gasteiger partial charge in [-0.25, -0.2) is 0 Å². The van der Waals surface area contributed by atoms with Crippen LogP contribution in [-0.2, 0) is 18.9 Å². The molecule has 2 aliphatic rings. The number of aryl methyl sites for hydroxylation is 1. The fourth-order valence-corrected chi connectivity index (χ4v) is 5.11. The number of para-hydroxylation sites is 1. The molecule has 0 spiro atoms. The lowest BCUT2D eigenvalue weighted by atomic mass is 9.95. The van der Waals surface area contributed by atoms with Gasteiger partial charge in [0.15, 0.2) is 0 Å². The lowest BCUT2D eigenvalue weighted by molar-refractivity contribution is 0.0987. The number of amides is 1. The van der Waals surface area contributed by atoms with Gasteiger partial charge in [-0.05, 0) is 78.8 Å². The van der Waals surface area contributed by atoms with Gasteiger partial charge in [0, 0.05) is 30.3 Å². The minimum atomic E-state index is -0.0564. The first kappa shape index (κ1) is 21.7. The summed E-state index contributed by atoms with van der Waals surface area (Å²) in [6, 6.07) is 14.0. The van der Waals surface area contributed by atoms with Gasteiger partial charge in [0.2, 0.25) is 0 Å². The van der Waals surface area contributed by atoms with Crippen LogP contribution < -0.4 is 9.64 Å². The van der Waals surface area contributed by atoms with Crippen molar-refractivity contribution in [3.8, 4) is 5.75 Å². The number of hydrogen-bond donors (Lipinski definition) is 0. The molecule has 4 nitrogen and oxygen atoms in total. The zero-order chi connectivity index (χ0) is 23.3. The first-order valence-corrected chi connectivity index (χ1v) is 11.8. The van der Waals surface area contributed by atoms with E-state index in [1.54, 1.807) is 0 Å². The van der Waals surface area contributed by atoms with Crippen molar-refractivity contribution >= 4 is 35.1 Å². The summed E-state index contributed by atoms with van der Waals surface area (Å²) < 4.78 is 6.25. The van der Waals surface area contributed by atoms with Crippen LogP contribution in [0.15, 0.2) is 47.5 Å². The van der Waals surface area contributed by atoms with Gasteiger partial charge >= 0.3 is 0 Å². The van der Waals surface area contributed by atoms with E-state index in [2.05, 4.69) is 32.9 Å². The van der Waals surface area contributed by atoms with Gasteiger partial charge in [0.25, 0.3) is 5.91 Å². The Labute approximate surface area is 199 Å². The van der Waals surface area contributed by atoms with Crippen LogP contribution in [0, 0.1) is 27.7 Å². The van der Waals surface area contributed by atoms with Crippen LogP contribution in [0.2, 0.25) is 0 Å². The number of nitrogens with zero attached hydrogens (tertiary/aromatic N) is 2. The highest BCUT2D eigenvalue weighted by molar-refractivity contribution is 6.17. The Morgan fingerprint density at radius 2 is 1.79 bits per heavy atom. The van der Waals surface area contributed by atoms with Crippen molar-refractivity contribution in [3.63, 3.8) is 0 Å². The van der Waals surface area contributed by atoms with E-state index in [9.17, 15) is 4.79 Å². The Bertz CT molecular complexity index is 1310. The highest BCUT2D eigenvalue weighted by Gasteiger charge is 2.36. The number of hydrogen-bond acceptors (Lipinski definition) is 3. The maximum Gasteiger partial charge on any atom is 0.261 e. The number of carbonyl (C=O) groups excluding carboxylic acids is 1. The molecule has 33 heavy (non-hydrogen) atoms. The third-order valence-corrected chi connectivity index (χ3v) is 7.39. The maximum absolute atomic E-state index is 13.5. The summed E-state index contributed by atoms with van der Waals surface area (Å²) >= 11 is 6.16. The smallest absolute Gasteiger partial charge is 0.261 e. The van der Waals surface area contributed by atoms with Crippen molar-refractivity contribution in [3.05, 3.63) is 87.0 Å². The van der Waals surface area contributed by atoms with E-state index in [1.165, 1.54) is 22.3 Å². The molecule has 0 saturated heterocycles. The topological polar surface area (TPSA) is 41.9 Å². The van der Waals surface area contributed by atoms with Crippen molar-refractivity contribution in [1.29, 1.82) is 0 Å². The highest BCUT2D eigenvalue weighted by atomic mass is 35.5. The molecule has 1 amide bonds. The molecule has 0 aromatic heterocycles. The zero-order valence-corrected chi connectivity index (χ0v) is 20.2. The predicted molar refractivity (Wildman–Crippen MR) is 135 cm³/mol. The summed E-state index contributed by atoms with van der Waals surface area (Å²) in [4.78, 5) is 20.1. The monoisotopic (exact) mass is 458 g/mol. The molecule has 0 aliphatic carbocycles. The van der Waals surface area contributed by atoms with E-state index >= 15 is 0 Å². The van der Waals surface area contributed by atoms with Crippen molar-refractivity contribution in [2.75, 3.05) is 4.90 Å². The molecule has 2 heterocycles. The second kappa shape index (κ2) is 8.35. The second-order valence-corrected chi connectivity index (χ2v) is 9.25. The van der Waals surface area contributed by atoms with E-state index in [0.717, 1.165) is 34.5 Å². The molecule has 5 rings (SSSR count). The molecule has 2 aliphatic heterocycles. The van der Waals surface area contributed by atoms with Crippen LogP contribution in [0.25, 0.3) is 0 Å². The standard InChI is InChI=1S/C28H27ClN2O2/c1-16-9-24-25(30-14-23-11-20-7-5-6-8-26(20)31(23)28(24)32)12-27(16)33-15-22-10-21(13-29)18(3)17(2)19(22)4/h5-10,12,14,23H,11,13,15H2,1-4H3/t23-/m0/s1. The molecule has 3 aromatic rings. The van der Waals surface area contributed by atoms with Gasteiger partial charge in [0.05, 0.1) is 17.3 Å². The van der Waals surface area contributed by atoms with Crippen LogP contribution in [-0.4, -0.2) is 18.2 Å². The van der Waals surface area contributed by atoms with E-state index in [-0.39, 0.29) is 11.9 Å². The summed E-state index contributed by atoms with van der Waals surface area (Å²) in [6.07, 6.45) is 2.68. The number of benzene rings is 3.